The molecule has 1 aliphatic heterocycles. The third kappa shape index (κ3) is 5.94. The van der Waals surface area contributed by atoms with Crippen LogP contribution in [0.2, 0.25) is 0 Å². The van der Waals surface area contributed by atoms with E-state index in [1.807, 2.05) is 6.07 Å². The summed E-state index contributed by atoms with van der Waals surface area (Å²) < 4.78 is 12.3. The monoisotopic (exact) mass is 401 g/mol. The van der Waals surface area contributed by atoms with Crippen LogP contribution in [0.25, 0.3) is 0 Å². The van der Waals surface area contributed by atoms with E-state index in [0.717, 1.165) is 44.7 Å². The number of nitrogens with one attached hydrogen (secondary N) is 1. The number of rotatable bonds is 9. The van der Waals surface area contributed by atoms with Gasteiger partial charge in [-0.3, -0.25) is 0 Å². The number of aryl methyl sites for hydroxylation is 1. The first-order chi connectivity index (χ1) is 14.9. The Morgan fingerprint density at radius 3 is 2.23 bits per heavy atom. The SMILES string of the molecule is c1ccc(CCCOc2ccc([C@H]3CCNC[C@@H]3OCc3ccccc3)cc2)cc1. The van der Waals surface area contributed by atoms with E-state index in [4.69, 9.17) is 9.47 Å². The van der Waals surface area contributed by atoms with Crippen molar-refractivity contribution in [1.82, 2.24) is 5.32 Å². The summed E-state index contributed by atoms with van der Waals surface area (Å²) in [4.78, 5) is 0. The maximum absolute atomic E-state index is 6.29. The predicted octanol–water partition coefficient (Wildman–Crippen LogP) is 5.36. The van der Waals surface area contributed by atoms with Crippen molar-refractivity contribution in [2.45, 2.75) is 37.9 Å². The van der Waals surface area contributed by atoms with E-state index in [1.165, 1.54) is 16.7 Å². The molecule has 3 heteroatoms. The fourth-order valence-electron chi connectivity index (χ4n) is 4.09. The van der Waals surface area contributed by atoms with Gasteiger partial charge in [0.2, 0.25) is 0 Å². The summed E-state index contributed by atoms with van der Waals surface area (Å²) in [5.41, 5.74) is 3.93. The maximum atomic E-state index is 6.29. The van der Waals surface area contributed by atoms with Crippen molar-refractivity contribution in [2.75, 3.05) is 19.7 Å². The zero-order chi connectivity index (χ0) is 20.4. The summed E-state index contributed by atoms with van der Waals surface area (Å²) >= 11 is 0. The van der Waals surface area contributed by atoms with Gasteiger partial charge >= 0.3 is 0 Å². The standard InChI is InChI=1S/C27H31NO2/c1-3-8-22(9-4-1)12-7-19-29-25-15-13-24(14-16-25)26-17-18-28-20-27(26)30-21-23-10-5-2-6-11-23/h1-6,8-11,13-16,26-28H,7,12,17-21H2/t26-,27+/m1/s1. The lowest BCUT2D eigenvalue weighted by molar-refractivity contribution is 0.0106. The third-order valence-electron chi connectivity index (χ3n) is 5.76. The molecule has 0 bridgehead atoms. The van der Waals surface area contributed by atoms with Crippen LogP contribution < -0.4 is 10.1 Å². The minimum atomic E-state index is 0.191. The molecular formula is C27H31NO2. The van der Waals surface area contributed by atoms with Gasteiger partial charge in [0, 0.05) is 12.5 Å². The van der Waals surface area contributed by atoms with Crippen molar-refractivity contribution in [3.05, 3.63) is 102 Å². The van der Waals surface area contributed by atoms with Gasteiger partial charge in [0.25, 0.3) is 0 Å². The normalized spacial score (nSPS) is 18.8. The fraction of sp³-hybridized carbons (Fsp3) is 0.333. The van der Waals surface area contributed by atoms with Crippen LogP contribution in [0.1, 0.15) is 35.4 Å². The number of hydrogen-bond donors (Lipinski definition) is 1. The van der Waals surface area contributed by atoms with E-state index >= 15 is 0 Å². The molecule has 1 N–H and O–H groups in total. The molecular weight excluding hydrogens is 370 g/mol. The van der Waals surface area contributed by atoms with Gasteiger partial charge in [-0.2, -0.15) is 0 Å². The minimum Gasteiger partial charge on any atom is -0.494 e. The lowest BCUT2D eigenvalue weighted by atomic mass is 9.87. The highest BCUT2D eigenvalue weighted by atomic mass is 16.5. The molecule has 156 valence electrons. The molecule has 3 aromatic carbocycles. The molecule has 3 aromatic rings. The fourth-order valence-corrected chi connectivity index (χ4v) is 4.09. The largest absolute Gasteiger partial charge is 0.494 e. The van der Waals surface area contributed by atoms with E-state index in [-0.39, 0.29) is 6.10 Å². The number of ether oxygens (including phenoxy) is 2. The molecule has 3 nitrogen and oxygen atoms in total. The lowest BCUT2D eigenvalue weighted by Crippen LogP contribution is -2.40. The molecule has 1 saturated heterocycles. The van der Waals surface area contributed by atoms with Crippen LogP contribution >= 0.6 is 0 Å². The molecule has 30 heavy (non-hydrogen) atoms. The Hall–Kier alpha value is -2.62. The Labute approximate surface area is 180 Å². The van der Waals surface area contributed by atoms with Crippen molar-refractivity contribution in [1.29, 1.82) is 0 Å². The number of hydrogen-bond acceptors (Lipinski definition) is 3. The zero-order valence-electron chi connectivity index (χ0n) is 17.5. The molecule has 2 atom stereocenters. The Bertz CT molecular complexity index is 864. The highest BCUT2D eigenvalue weighted by Gasteiger charge is 2.27. The van der Waals surface area contributed by atoms with Crippen LogP contribution in [0.4, 0.5) is 0 Å². The third-order valence-corrected chi connectivity index (χ3v) is 5.76. The lowest BCUT2D eigenvalue weighted by Gasteiger charge is -2.32. The van der Waals surface area contributed by atoms with Gasteiger partial charge < -0.3 is 14.8 Å². The van der Waals surface area contributed by atoms with Gasteiger partial charge in [0.05, 0.1) is 19.3 Å². The van der Waals surface area contributed by atoms with E-state index in [1.54, 1.807) is 0 Å². The first kappa shape index (κ1) is 20.6. The van der Waals surface area contributed by atoms with Crippen LogP contribution in [0.3, 0.4) is 0 Å². The van der Waals surface area contributed by atoms with Crippen LogP contribution in [0.5, 0.6) is 5.75 Å². The predicted molar refractivity (Wildman–Crippen MR) is 122 cm³/mol. The molecule has 4 rings (SSSR count). The van der Waals surface area contributed by atoms with Crippen LogP contribution in [0, 0.1) is 0 Å². The van der Waals surface area contributed by atoms with Crippen molar-refractivity contribution in [2.24, 2.45) is 0 Å². The quantitative estimate of drug-likeness (QED) is 0.490. The van der Waals surface area contributed by atoms with Gasteiger partial charge in [-0.05, 0) is 54.6 Å². The molecule has 0 aromatic heterocycles. The van der Waals surface area contributed by atoms with E-state index in [0.29, 0.717) is 12.5 Å². The molecule has 0 amide bonds. The van der Waals surface area contributed by atoms with Crippen LogP contribution in [-0.2, 0) is 17.8 Å². The second-order valence-corrected chi connectivity index (χ2v) is 7.94. The zero-order valence-corrected chi connectivity index (χ0v) is 17.5. The van der Waals surface area contributed by atoms with E-state index < -0.39 is 0 Å². The van der Waals surface area contributed by atoms with E-state index in [2.05, 4.69) is 84.2 Å². The summed E-state index contributed by atoms with van der Waals surface area (Å²) in [7, 11) is 0. The van der Waals surface area contributed by atoms with Crippen LogP contribution in [-0.4, -0.2) is 25.8 Å². The molecule has 1 heterocycles. The highest BCUT2D eigenvalue weighted by Crippen LogP contribution is 2.29. The molecule has 0 saturated carbocycles. The average Bonchev–Trinajstić information content (AvgIpc) is 2.82. The minimum absolute atomic E-state index is 0.191. The Morgan fingerprint density at radius 2 is 1.50 bits per heavy atom. The smallest absolute Gasteiger partial charge is 0.119 e. The highest BCUT2D eigenvalue weighted by molar-refractivity contribution is 5.30. The second-order valence-electron chi connectivity index (χ2n) is 7.94. The van der Waals surface area contributed by atoms with Gasteiger partial charge in [-0.15, -0.1) is 0 Å². The molecule has 1 fully saturated rings. The van der Waals surface area contributed by atoms with Crippen molar-refractivity contribution in [3.8, 4) is 5.75 Å². The first-order valence-electron chi connectivity index (χ1n) is 11.0. The molecule has 0 unspecified atom stereocenters. The maximum Gasteiger partial charge on any atom is 0.119 e. The van der Waals surface area contributed by atoms with Gasteiger partial charge in [-0.25, -0.2) is 0 Å². The van der Waals surface area contributed by atoms with E-state index in [9.17, 15) is 0 Å². The summed E-state index contributed by atoms with van der Waals surface area (Å²) in [6.45, 7) is 3.33. The van der Waals surface area contributed by atoms with Gasteiger partial charge in [0.1, 0.15) is 5.75 Å². The summed E-state index contributed by atoms with van der Waals surface area (Å²) in [6, 6.07) is 29.6. The Kier molecular flexibility index (Phi) is 7.54. The summed E-state index contributed by atoms with van der Waals surface area (Å²) in [6.07, 6.45) is 3.36. The first-order valence-corrected chi connectivity index (χ1v) is 11.0. The summed E-state index contributed by atoms with van der Waals surface area (Å²) in [5.74, 6) is 1.37. The number of piperidine rings is 1. The topological polar surface area (TPSA) is 30.5 Å². The van der Waals surface area contributed by atoms with Crippen molar-refractivity contribution in [3.63, 3.8) is 0 Å². The Morgan fingerprint density at radius 1 is 0.800 bits per heavy atom. The second kappa shape index (κ2) is 11.0. The Balaban J connectivity index is 1.28. The van der Waals surface area contributed by atoms with Gasteiger partial charge in [0.15, 0.2) is 0 Å². The number of benzene rings is 3. The molecule has 1 aliphatic rings. The van der Waals surface area contributed by atoms with Crippen molar-refractivity contribution < 1.29 is 9.47 Å². The van der Waals surface area contributed by atoms with Crippen LogP contribution in [0.15, 0.2) is 84.9 Å². The summed E-state index contributed by atoms with van der Waals surface area (Å²) in [5, 5.41) is 3.48. The van der Waals surface area contributed by atoms with Gasteiger partial charge in [-0.1, -0.05) is 72.8 Å². The van der Waals surface area contributed by atoms with Crippen molar-refractivity contribution >= 4 is 0 Å². The molecule has 0 radical (unpaired) electrons. The molecule has 0 spiro atoms. The molecule has 0 aliphatic carbocycles. The average molecular weight is 402 g/mol.